The van der Waals surface area contributed by atoms with E-state index in [0.29, 0.717) is 13.1 Å². The third kappa shape index (κ3) is 9.82. The average molecular weight is 127 g/mol. The van der Waals surface area contributed by atoms with Crippen molar-refractivity contribution in [3.8, 4) is 0 Å². The van der Waals surface area contributed by atoms with Gasteiger partial charge in [0.2, 0.25) is 0 Å². The molecule has 5 N–H and O–H groups in total. The first-order valence-corrected chi connectivity index (χ1v) is 2.52. The van der Waals surface area contributed by atoms with E-state index in [1.165, 1.54) is 0 Å². The van der Waals surface area contributed by atoms with E-state index in [1.807, 2.05) is 0 Å². The third-order valence-electron chi connectivity index (χ3n) is 0.642. The van der Waals surface area contributed by atoms with Crippen molar-refractivity contribution in [1.82, 2.24) is 5.32 Å². The highest BCUT2D eigenvalue weighted by molar-refractivity contribution is 5.75. The Kier molecular flexibility index (Phi) is 15.2. The van der Waals surface area contributed by atoms with Crippen molar-refractivity contribution in [2.75, 3.05) is 26.2 Å². The van der Waals surface area contributed by atoms with Crippen LogP contribution in [0.25, 0.3) is 0 Å². The van der Waals surface area contributed by atoms with Gasteiger partial charge >= 0.3 is 0 Å². The summed E-state index contributed by atoms with van der Waals surface area (Å²) in [6.07, 6.45) is 0. The molecule has 0 saturated heterocycles. The van der Waals surface area contributed by atoms with E-state index in [9.17, 15) is 0 Å². The molecule has 0 bridgehead atoms. The zero-order valence-corrected chi connectivity index (χ0v) is 6.60. The molecule has 2 radical (unpaired) electrons. The van der Waals surface area contributed by atoms with Crippen molar-refractivity contribution in [2.45, 2.75) is 0 Å². The zero-order valence-electron chi connectivity index (χ0n) is 5.19. The summed E-state index contributed by atoms with van der Waals surface area (Å²) in [7, 11) is 0. The molecule has 0 amide bonds. The highest BCUT2D eigenvalue weighted by Gasteiger charge is 1.76. The fourth-order valence-corrected chi connectivity index (χ4v) is 0.329. The van der Waals surface area contributed by atoms with Crippen LogP contribution >= 0.6 is 0 Å². The molecule has 0 fully saturated rings. The lowest BCUT2D eigenvalue weighted by molar-refractivity contribution is 0.696. The quantitative estimate of drug-likeness (QED) is 0.306. The molecule has 0 aliphatic rings. The Morgan fingerprint density at radius 1 is 1.00 bits per heavy atom. The van der Waals surface area contributed by atoms with E-state index >= 15 is 0 Å². The Balaban J connectivity index is 0. The van der Waals surface area contributed by atoms with Gasteiger partial charge in [0.1, 0.15) is 0 Å². The van der Waals surface area contributed by atoms with Crippen LogP contribution in [0.3, 0.4) is 0 Å². The molecule has 0 aliphatic carbocycles. The monoisotopic (exact) mass is 127 g/mol. The summed E-state index contributed by atoms with van der Waals surface area (Å²) < 4.78 is 0. The zero-order chi connectivity index (χ0) is 5.54. The lowest BCUT2D eigenvalue weighted by Gasteiger charge is -1.95. The maximum Gasteiger partial charge on any atom is 0.00750 e. The van der Waals surface area contributed by atoms with Crippen LogP contribution < -0.4 is 16.8 Å². The van der Waals surface area contributed by atoms with Crippen molar-refractivity contribution < 1.29 is 0 Å². The van der Waals surface area contributed by atoms with Gasteiger partial charge in [-0.05, 0) is 0 Å². The third-order valence-corrected chi connectivity index (χ3v) is 0.642. The maximum atomic E-state index is 5.17. The Hall–Kier alpha value is 0.646. The van der Waals surface area contributed by atoms with Gasteiger partial charge in [0.15, 0.2) is 0 Å². The summed E-state index contributed by atoms with van der Waals surface area (Å²) in [5.74, 6) is 0. The first-order valence-electron chi connectivity index (χ1n) is 2.52. The van der Waals surface area contributed by atoms with Crippen LogP contribution in [0, 0.1) is 0 Å². The Morgan fingerprint density at radius 3 is 1.62 bits per heavy atom. The van der Waals surface area contributed by atoms with Gasteiger partial charge in [-0.25, -0.2) is 0 Å². The molecule has 0 aromatic carbocycles. The molecule has 0 aromatic heterocycles. The van der Waals surface area contributed by atoms with Gasteiger partial charge in [0.05, 0.1) is 0 Å². The molecule has 0 aromatic rings. The van der Waals surface area contributed by atoms with Crippen LogP contribution in [-0.2, 0) is 0 Å². The number of nitrogens with one attached hydrogen (secondary N) is 1. The van der Waals surface area contributed by atoms with E-state index in [1.54, 1.807) is 0 Å². The van der Waals surface area contributed by atoms with E-state index in [4.69, 9.17) is 11.5 Å². The van der Waals surface area contributed by atoms with Gasteiger partial charge in [0.25, 0.3) is 0 Å². The van der Waals surface area contributed by atoms with E-state index in [2.05, 4.69) is 5.32 Å². The summed E-state index contributed by atoms with van der Waals surface area (Å²) in [4.78, 5) is 0. The first kappa shape index (κ1) is 11.4. The number of nitrogens with two attached hydrogens (primary N) is 2. The largest absolute Gasteiger partial charge is 0.329 e. The molecule has 0 aliphatic heterocycles. The van der Waals surface area contributed by atoms with E-state index in [0.717, 1.165) is 13.1 Å². The van der Waals surface area contributed by atoms with Gasteiger partial charge in [-0.3, -0.25) is 0 Å². The van der Waals surface area contributed by atoms with Gasteiger partial charge in [-0.15, -0.1) is 0 Å². The number of hydrogen-bond donors (Lipinski definition) is 3. The van der Waals surface area contributed by atoms with Crippen LogP contribution in [0.15, 0.2) is 0 Å². The fourth-order valence-electron chi connectivity index (χ4n) is 0.329. The van der Waals surface area contributed by atoms with Crippen molar-refractivity contribution >= 4 is 23.1 Å². The second-order valence-electron chi connectivity index (χ2n) is 1.33. The number of rotatable bonds is 4. The predicted molar refractivity (Wildman–Crippen MR) is 36.7 cm³/mol. The summed E-state index contributed by atoms with van der Waals surface area (Å²) in [6, 6.07) is 0. The lowest BCUT2D eigenvalue weighted by atomic mass is 10.6. The Bertz CT molecular complexity index is 30.5. The summed E-state index contributed by atoms with van der Waals surface area (Å²) in [5, 5.41) is 3.03. The molecule has 0 unspecified atom stereocenters. The molecule has 0 heterocycles. The molecule has 46 valence electrons. The molecule has 4 heteroatoms. The highest BCUT2D eigenvalue weighted by Crippen LogP contribution is 1.49. The fraction of sp³-hybridized carbons (Fsp3) is 1.00. The molecule has 3 nitrogen and oxygen atoms in total. The van der Waals surface area contributed by atoms with Crippen LogP contribution in [0.5, 0.6) is 0 Å². The van der Waals surface area contributed by atoms with Gasteiger partial charge in [-0.2, -0.15) is 0 Å². The molecule has 0 saturated carbocycles. The maximum absolute atomic E-state index is 5.17. The molecular weight excluding hydrogens is 114 g/mol. The standard InChI is InChI=1S/C4H13N3.Mg/c5-1-3-7-4-2-6;/h7H,1-6H2;. The smallest absolute Gasteiger partial charge is 0.00750 e. The van der Waals surface area contributed by atoms with Crippen molar-refractivity contribution in [3.63, 3.8) is 0 Å². The van der Waals surface area contributed by atoms with Crippen LogP contribution in [-0.4, -0.2) is 49.2 Å². The molecule has 0 rings (SSSR count). The average Bonchev–Trinajstić information content (AvgIpc) is 1.69. The Labute approximate surface area is 66.3 Å². The van der Waals surface area contributed by atoms with Crippen molar-refractivity contribution in [3.05, 3.63) is 0 Å². The summed E-state index contributed by atoms with van der Waals surface area (Å²) in [5.41, 5.74) is 10.3. The molecule has 8 heavy (non-hydrogen) atoms. The minimum atomic E-state index is 0. The van der Waals surface area contributed by atoms with Gasteiger partial charge in [0, 0.05) is 49.2 Å². The minimum absolute atomic E-state index is 0. The first-order chi connectivity index (χ1) is 3.41. The second kappa shape index (κ2) is 10.6. The van der Waals surface area contributed by atoms with Gasteiger partial charge < -0.3 is 16.8 Å². The SMILES string of the molecule is NCCNCCN.[Mg]. The topological polar surface area (TPSA) is 64.1 Å². The molecule has 0 atom stereocenters. The van der Waals surface area contributed by atoms with E-state index < -0.39 is 0 Å². The second-order valence-corrected chi connectivity index (χ2v) is 1.33. The van der Waals surface area contributed by atoms with Gasteiger partial charge in [-0.1, -0.05) is 0 Å². The van der Waals surface area contributed by atoms with Crippen LogP contribution in [0.2, 0.25) is 0 Å². The van der Waals surface area contributed by atoms with Crippen molar-refractivity contribution in [1.29, 1.82) is 0 Å². The Morgan fingerprint density at radius 2 is 1.38 bits per heavy atom. The van der Waals surface area contributed by atoms with Crippen molar-refractivity contribution in [2.24, 2.45) is 11.5 Å². The van der Waals surface area contributed by atoms with Crippen LogP contribution in [0.1, 0.15) is 0 Å². The summed E-state index contributed by atoms with van der Waals surface area (Å²) in [6.45, 7) is 3.13. The summed E-state index contributed by atoms with van der Waals surface area (Å²) >= 11 is 0. The van der Waals surface area contributed by atoms with E-state index in [-0.39, 0.29) is 23.1 Å². The van der Waals surface area contributed by atoms with Crippen LogP contribution in [0.4, 0.5) is 0 Å². The highest BCUT2D eigenvalue weighted by atomic mass is 24.3. The molecule has 0 spiro atoms. The number of hydrogen-bond acceptors (Lipinski definition) is 3. The molecular formula is C4H13MgN3. The minimum Gasteiger partial charge on any atom is -0.329 e. The lowest BCUT2D eigenvalue weighted by Crippen LogP contribution is -2.27. The normalized spacial score (nSPS) is 8.25. The predicted octanol–water partition coefficient (Wildman–Crippen LogP) is -1.89.